The van der Waals surface area contributed by atoms with E-state index in [0.29, 0.717) is 5.02 Å². The normalized spacial score (nSPS) is 18.2. The van der Waals surface area contributed by atoms with Crippen LogP contribution in [0.1, 0.15) is 12.5 Å². The first-order valence-electron chi connectivity index (χ1n) is 6.04. The third-order valence-corrected chi connectivity index (χ3v) is 4.06. The molecule has 1 heterocycles. The van der Waals surface area contributed by atoms with Gasteiger partial charge in [0.2, 0.25) is 0 Å². The first-order valence-corrected chi connectivity index (χ1v) is 7.24. The average Bonchev–Trinajstić information content (AvgIpc) is 2.74. The lowest BCUT2D eigenvalue weighted by atomic mass is 10.2. The highest BCUT2D eigenvalue weighted by Gasteiger charge is 2.41. The third-order valence-electron chi connectivity index (χ3n) is 2.92. The summed E-state index contributed by atoms with van der Waals surface area (Å²) in [4.78, 5) is 36.8. The van der Waals surface area contributed by atoms with Crippen LogP contribution in [0.2, 0.25) is 5.02 Å². The Balaban J connectivity index is 2.25. The van der Waals surface area contributed by atoms with E-state index in [2.05, 4.69) is 4.74 Å². The third kappa shape index (κ3) is 3.28. The summed E-state index contributed by atoms with van der Waals surface area (Å²) in [7, 11) is 1.21. The number of carbonyl (C=O) groups is 3. The standard InChI is InChI=1S/C14H12ClNO4S/c1-8(13(18)20-2)16-12(17)11(21-14(16)19)7-9-3-5-10(15)6-4-9/h3-8H,1-2H3/b11-7-/t8-/m0/s1. The Morgan fingerprint density at radius 2 is 1.95 bits per heavy atom. The minimum atomic E-state index is -0.946. The molecule has 0 aliphatic carbocycles. The molecule has 0 N–H and O–H groups in total. The van der Waals surface area contributed by atoms with Gasteiger partial charge in [-0.25, -0.2) is 4.79 Å². The topological polar surface area (TPSA) is 63.7 Å². The molecule has 21 heavy (non-hydrogen) atoms. The molecular formula is C14H12ClNO4S. The Morgan fingerprint density at radius 1 is 1.33 bits per heavy atom. The number of imide groups is 1. The highest BCUT2D eigenvalue weighted by atomic mass is 35.5. The summed E-state index contributed by atoms with van der Waals surface area (Å²) >= 11 is 6.58. The lowest BCUT2D eigenvalue weighted by molar-refractivity contribution is -0.148. The Hall–Kier alpha value is -1.79. The number of hydrogen-bond acceptors (Lipinski definition) is 5. The van der Waals surface area contributed by atoms with Crippen molar-refractivity contribution in [2.24, 2.45) is 0 Å². The molecule has 0 spiro atoms. The quantitative estimate of drug-likeness (QED) is 0.631. The van der Waals surface area contributed by atoms with Crippen LogP contribution in [-0.4, -0.2) is 35.2 Å². The van der Waals surface area contributed by atoms with Crippen molar-refractivity contribution < 1.29 is 19.1 Å². The number of thioether (sulfide) groups is 1. The average molecular weight is 326 g/mol. The Kier molecular flexibility index (Phi) is 4.69. The highest BCUT2D eigenvalue weighted by Crippen LogP contribution is 2.33. The van der Waals surface area contributed by atoms with Crippen LogP contribution >= 0.6 is 23.4 Å². The van der Waals surface area contributed by atoms with Gasteiger partial charge >= 0.3 is 5.97 Å². The summed E-state index contributed by atoms with van der Waals surface area (Å²) in [6, 6.07) is 5.90. The van der Waals surface area contributed by atoms with Crippen LogP contribution in [0, 0.1) is 0 Å². The minimum absolute atomic E-state index is 0.262. The molecule has 1 aliphatic rings. The van der Waals surface area contributed by atoms with E-state index in [0.717, 1.165) is 22.2 Å². The lowest BCUT2D eigenvalue weighted by Crippen LogP contribution is -2.42. The number of ether oxygens (including phenoxy) is 1. The van der Waals surface area contributed by atoms with Crippen LogP contribution in [0.15, 0.2) is 29.2 Å². The van der Waals surface area contributed by atoms with Gasteiger partial charge in [-0.15, -0.1) is 0 Å². The van der Waals surface area contributed by atoms with Crippen molar-refractivity contribution in [3.8, 4) is 0 Å². The van der Waals surface area contributed by atoms with E-state index < -0.39 is 23.2 Å². The van der Waals surface area contributed by atoms with Gasteiger partial charge in [0.1, 0.15) is 6.04 Å². The van der Waals surface area contributed by atoms with Crippen molar-refractivity contribution >= 4 is 46.6 Å². The number of methoxy groups -OCH3 is 1. The van der Waals surface area contributed by atoms with E-state index in [9.17, 15) is 14.4 Å². The van der Waals surface area contributed by atoms with E-state index in [1.807, 2.05) is 0 Å². The van der Waals surface area contributed by atoms with E-state index in [1.54, 1.807) is 30.3 Å². The fraction of sp³-hybridized carbons (Fsp3) is 0.214. The SMILES string of the molecule is COC(=O)[C@H](C)N1C(=O)S/C(=C\c2ccc(Cl)cc2)C1=O. The predicted molar refractivity (Wildman–Crippen MR) is 80.7 cm³/mol. The summed E-state index contributed by atoms with van der Waals surface area (Å²) in [6.45, 7) is 1.45. The molecule has 0 radical (unpaired) electrons. The molecule has 5 nitrogen and oxygen atoms in total. The number of benzene rings is 1. The molecule has 1 aliphatic heterocycles. The van der Waals surface area contributed by atoms with Crippen molar-refractivity contribution in [1.29, 1.82) is 0 Å². The summed E-state index contributed by atoms with van der Waals surface area (Å²) in [5, 5.41) is 0.0951. The van der Waals surface area contributed by atoms with E-state index in [4.69, 9.17) is 11.6 Å². The maximum absolute atomic E-state index is 12.2. The molecule has 2 rings (SSSR count). The van der Waals surface area contributed by atoms with Gasteiger partial charge in [-0.05, 0) is 42.5 Å². The second kappa shape index (κ2) is 6.32. The zero-order valence-electron chi connectivity index (χ0n) is 11.3. The number of rotatable bonds is 3. The van der Waals surface area contributed by atoms with Crippen molar-refractivity contribution in [3.63, 3.8) is 0 Å². The summed E-state index contributed by atoms with van der Waals surface area (Å²) in [6.07, 6.45) is 1.59. The number of hydrogen-bond donors (Lipinski definition) is 0. The molecule has 0 aromatic heterocycles. The van der Waals surface area contributed by atoms with E-state index >= 15 is 0 Å². The Labute approximate surface area is 130 Å². The summed E-state index contributed by atoms with van der Waals surface area (Å²) < 4.78 is 4.56. The maximum Gasteiger partial charge on any atom is 0.328 e. The van der Waals surface area contributed by atoms with E-state index in [-0.39, 0.29) is 4.91 Å². The van der Waals surface area contributed by atoms with Gasteiger partial charge < -0.3 is 4.74 Å². The smallest absolute Gasteiger partial charge is 0.328 e. The first kappa shape index (κ1) is 15.6. The van der Waals surface area contributed by atoms with Gasteiger partial charge in [0, 0.05) is 5.02 Å². The fourth-order valence-electron chi connectivity index (χ4n) is 1.80. The first-order chi connectivity index (χ1) is 9.93. The van der Waals surface area contributed by atoms with Gasteiger partial charge in [-0.2, -0.15) is 0 Å². The van der Waals surface area contributed by atoms with Crippen LogP contribution in [0.25, 0.3) is 6.08 Å². The predicted octanol–water partition coefficient (Wildman–Crippen LogP) is 2.94. The molecule has 1 fully saturated rings. The number of nitrogens with zero attached hydrogens (tertiary/aromatic N) is 1. The van der Waals surface area contributed by atoms with Gasteiger partial charge in [0.05, 0.1) is 12.0 Å². The van der Waals surface area contributed by atoms with Crippen molar-refractivity contribution in [3.05, 3.63) is 39.8 Å². The van der Waals surface area contributed by atoms with Crippen LogP contribution in [0.3, 0.4) is 0 Å². The van der Waals surface area contributed by atoms with Crippen molar-refractivity contribution in [1.82, 2.24) is 4.90 Å². The lowest BCUT2D eigenvalue weighted by Gasteiger charge is -2.18. The molecule has 0 bridgehead atoms. The summed E-state index contributed by atoms with van der Waals surface area (Å²) in [5.74, 6) is -1.14. The Morgan fingerprint density at radius 3 is 2.52 bits per heavy atom. The molecule has 1 aromatic rings. The number of carbonyl (C=O) groups excluding carboxylic acids is 3. The number of amides is 2. The second-order valence-electron chi connectivity index (χ2n) is 4.30. The monoisotopic (exact) mass is 325 g/mol. The molecule has 1 aromatic carbocycles. The molecule has 110 valence electrons. The number of halogens is 1. The van der Waals surface area contributed by atoms with Crippen LogP contribution in [-0.2, 0) is 14.3 Å². The van der Waals surface area contributed by atoms with Crippen LogP contribution in [0.4, 0.5) is 4.79 Å². The van der Waals surface area contributed by atoms with Gasteiger partial charge in [0.15, 0.2) is 0 Å². The van der Waals surface area contributed by atoms with Gasteiger partial charge in [-0.3, -0.25) is 14.5 Å². The molecule has 1 saturated heterocycles. The van der Waals surface area contributed by atoms with Crippen LogP contribution < -0.4 is 0 Å². The largest absolute Gasteiger partial charge is 0.467 e. The zero-order valence-corrected chi connectivity index (χ0v) is 12.9. The molecular weight excluding hydrogens is 314 g/mol. The van der Waals surface area contributed by atoms with Gasteiger partial charge in [-0.1, -0.05) is 23.7 Å². The molecule has 0 unspecified atom stereocenters. The van der Waals surface area contributed by atoms with Crippen molar-refractivity contribution in [2.45, 2.75) is 13.0 Å². The van der Waals surface area contributed by atoms with Gasteiger partial charge in [0.25, 0.3) is 11.1 Å². The van der Waals surface area contributed by atoms with Crippen LogP contribution in [0.5, 0.6) is 0 Å². The van der Waals surface area contributed by atoms with E-state index in [1.165, 1.54) is 14.0 Å². The molecule has 2 amide bonds. The fourth-order valence-corrected chi connectivity index (χ4v) is 2.83. The summed E-state index contributed by atoms with van der Waals surface area (Å²) in [5.41, 5.74) is 0.746. The number of esters is 1. The van der Waals surface area contributed by atoms with Crippen molar-refractivity contribution in [2.75, 3.05) is 7.11 Å². The molecule has 7 heteroatoms. The Bertz CT molecular complexity index is 626. The maximum atomic E-state index is 12.2. The second-order valence-corrected chi connectivity index (χ2v) is 5.73. The zero-order chi connectivity index (χ0) is 15.6. The highest BCUT2D eigenvalue weighted by molar-refractivity contribution is 8.18. The molecule has 0 saturated carbocycles. The molecule has 1 atom stereocenters. The minimum Gasteiger partial charge on any atom is -0.467 e.